The number of aliphatic hydroxyl groups is 2. The van der Waals surface area contributed by atoms with Crippen LogP contribution in [0.5, 0.6) is 0 Å². The first kappa shape index (κ1) is 24.3. The van der Waals surface area contributed by atoms with Crippen molar-refractivity contribution in [2.24, 2.45) is 23.7 Å². The Labute approximate surface area is 175 Å². The summed E-state index contributed by atoms with van der Waals surface area (Å²) in [7, 11) is -1.94. The van der Waals surface area contributed by atoms with Gasteiger partial charge in [0.2, 0.25) is 0 Å². The quantitative estimate of drug-likeness (QED) is 0.383. The Morgan fingerprint density at radius 1 is 0.793 bits per heavy atom. The van der Waals surface area contributed by atoms with E-state index in [4.69, 9.17) is 13.9 Å². The topological polar surface area (TPSA) is 102 Å². The van der Waals surface area contributed by atoms with Crippen molar-refractivity contribution in [2.75, 3.05) is 13.2 Å². The van der Waals surface area contributed by atoms with Crippen LogP contribution >= 0.6 is 0 Å². The average molecular weight is 431 g/mol. The minimum absolute atomic E-state index is 0.0515. The summed E-state index contributed by atoms with van der Waals surface area (Å²) in [6, 6.07) is 3.00. The van der Waals surface area contributed by atoms with Crippen molar-refractivity contribution in [2.45, 2.75) is 83.9 Å². The van der Waals surface area contributed by atoms with Crippen LogP contribution in [0, 0.1) is 23.7 Å². The molecular formula is C21H38O7Si. The van der Waals surface area contributed by atoms with E-state index in [1.807, 2.05) is 0 Å². The first-order valence-corrected chi connectivity index (χ1v) is 13.5. The number of hydrogen-bond acceptors (Lipinski definition) is 7. The highest BCUT2D eigenvalue weighted by molar-refractivity contribution is 6.73. The molecule has 2 aliphatic rings. The molecule has 8 heteroatoms. The van der Waals surface area contributed by atoms with E-state index in [0.29, 0.717) is 12.8 Å². The molecular weight excluding hydrogens is 392 g/mol. The van der Waals surface area contributed by atoms with Crippen LogP contribution in [-0.2, 0) is 23.5 Å². The number of aliphatic hydroxyl groups excluding tert-OH is 2. The maximum absolute atomic E-state index is 11.2. The predicted octanol–water partition coefficient (Wildman–Crippen LogP) is 2.50. The van der Waals surface area contributed by atoms with Gasteiger partial charge < -0.3 is 24.1 Å². The lowest BCUT2D eigenvalue weighted by Gasteiger charge is -2.36. The minimum atomic E-state index is -1.94. The molecule has 2 aliphatic carbocycles. The van der Waals surface area contributed by atoms with Gasteiger partial charge in [0.25, 0.3) is 0 Å². The van der Waals surface area contributed by atoms with Crippen LogP contribution < -0.4 is 0 Å². The Kier molecular flexibility index (Phi) is 8.69. The summed E-state index contributed by atoms with van der Waals surface area (Å²) in [5.74, 6) is -0.931. The lowest BCUT2D eigenvalue weighted by molar-refractivity contribution is -0.144. The number of carbonyl (C=O) groups excluding carboxylic acids is 2. The first-order valence-electron chi connectivity index (χ1n) is 11.0. The number of hydrogen-bond donors (Lipinski definition) is 2. The van der Waals surface area contributed by atoms with Crippen molar-refractivity contribution >= 4 is 20.3 Å². The average Bonchev–Trinajstić information content (AvgIpc) is 3.08. The third-order valence-electron chi connectivity index (χ3n) is 7.27. The van der Waals surface area contributed by atoms with Gasteiger partial charge >= 0.3 is 11.9 Å². The Bertz CT molecular complexity index is 519. The second kappa shape index (κ2) is 10.4. The Balaban J connectivity index is 2.24. The van der Waals surface area contributed by atoms with E-state index >= 15 is 0 Å². The third-order valence-corrected chi connectivity index (χ3v) is 11.9. The fourth-order valence-corrected chi connectivity index (χ4v) is 8.49. The third kappa shape index (κ3) is 5.21. The predicted molar refractivity (Wildman–Crippen MR) is 111 cm³/mol. The summed E-state index contributed by atoms with van der Waals surface area (Å²) in [4.78, 5) is 22.4. The van der Waals surface area contributed by atoms with E-state index < -0.39 is 20.5 Å². The van der Waals surface area contributed by atoms with E-state index in [-0.39, 0.29) is 54.9 Å². The van der Waals surface area contributed by atoms with E-state index in [9.17, 15) is 19.8 Å². The highest BCUT2D eigenvalue weighted by Crippen LogP contribution is 2.57. The SMILES string of the molecule is CC[Si](CC)(CC)OC1[C@@H]2[C@H](O)[C@H](O)[C@H]1[C@H](CCOC(C)=O)[C@H]2CCOC(C)=O. The summed E-state index contributed by atoms with van der Waals surface area (Å²) in [5.41, 5.74) is 0. The molecule has 0 saturated heterocycles. The van der Waals surface area contributed by atoms with Crippen LogP contribution in [-0.4, -0.2) is 62.0 Å². The standard InChI is InChI=1S/C21H38O7Si/c1-6-29(7-2,8-3)28-21-17-15(9-11-26-13(4)22)16(10-12-27-14(5)23)18(21)20(25)19(17)24/h15-21,24-25H,6-12H2,1-5H3/t15-,16-,17-,18+,19-,20+,21?/m1/s1. The van der Waals surface area contributed by atoms with Gasteiger partial charge in [-0.2, -0.15) is 0 Å². The molecule has 0 radical (unpaired) electrons. The van der Waals surface area contributed by atoms with Gasteiger partial charge in [0.15, 0.2) is 8.32 Å². The van der Waals surface area contributed by atoms with Gasteiger partial charge in [-0.15, -0.1) is 0 Å². The van der Waals surface area contributed by atoms with Gasteiger partial charge in [-0.3, -0.25) is 9.59 Å². The first-order chi connectivity index (χ1) is 13.7. The fourth-order valence-electron chi connectivity index (χ4n) is 5.60. The van der Waals surface area contributed by atoms with Crippen molar-refractivity contribution < 1.29 is 33.7 Å². The zero-order valence-corrected chi connectivity index (χ0v) is 19.4. The molecule has 0 aromatic carbocycles. The maximum Gasteiger partial charge on any atom is 0.302 e. The van der Waals surface area contributed by atoms with Crippen LogP contribution in [0.2, 0.25) is 18.1 Å². The smallest absolute Gasteiger partial charge is 0.302 e. The van der Waals surface area contributed by atoms with Crippen LogP contribution in [0.15, 0.2) is 0 Å². The molecule has 2 rings (SSSR count). The monoisotopic (exact) mass is 430 g/mol. The van der Waals surface area contributed by atoms with Crippen LogP contribution in [0.3, 0.4) is 0 Å². The van der Waals surface area contributed by atoms with E-state index in [2.05, 4.69) is 20.8 Å². The molecule has 0 spiro atoms. The van der Waals surface area contributed by atoms with E-state index in [0.717, 1.165) is 18.1 Å². The molecule has 168 valence electrons. The molecule has 0 amide bonds. The number of rotatable bonds is 11. The summed E-state index contributed by atoms with van der Waals surface area (Å²) < 4.78 is 17.1. The molecule has 0 aliphatic heterocycles. The Morgan fingerprint density at radius 3 is 1.48 bits per heavy atom. The van der Waals surface area contributed by atoms with Crippen LogP contribution in [0.25, 0.3) is 0 Å². The molecule has 2 fully saturated rings. The van der Waals surface area contributed by atoms with Crippen molar-refractivity contribution in [1.82, 2.24) is 0 Å². The fraction of sp³-hybridized carbons (Fsp3) is 0.905. The number of esters is 2. The van der Waals surface area contributed by atoms with Gasteiger partial charge in [0.1, 0.15) is 0 Å². The Morgan fingerprint density at radius 2 is 1.17 bits per heavy atom. The van der Waals surface area contributed by atoms with Crippen molar-refractivity contribution in [1.29, 1.82) is 0 Å². The molecule has 2 N–H and O–H groups in total. The summed E-state index contributed by atoms with van der Waals surface area (Å²) in [6.07, 6.45) is -0.664. The van der Waals surface area contributed by atoms with Gasteiger partial charge in [-0.1, -0.05) is 20.8 Å². The van der Waals surface area contributed by atoms with Gasteiger partial charge in [-0.25, -0.2) is 0 Å². The summed E-state index contributed by atoms with van der Waals surface area (Å²) in [6.45, 7) is 9.82. The van der Waals surface area contributed by atoms with Crippen LogP contribution in [0.4, 0.5) is 0 Å². The number of ether oxygens (including phenoxy) is 2. The summed E-state index contributed by atoms with van der Waals surface area (Å²) in [5, 5.41) is 21.6. The lowest BCUT2D eigenvalue weighted by atomic mass is 9.73. The second-order valence-electron chi connectivity index (χ2n) is 8.55. The lowest BCUT2D eigenvalue weighted by Crippen LogP contribution is -2.42. The molecule has 1 unspecified atom stereocenters. The molecule has 2 saturated carbocycles. The zero-order valence-electron chi connectivity index (χ0n) is 18.4. The minimum Gasteiger partial charge on any atom is -0.466 e. The van der Waals surface area contributed by atoms with Crippen molar-refractivity contribution in [3.8, 4) is 0 Å². The molecule has 0 aromatic rings. The number of carbonyl (C=O) groups is 2. The molecule has 7 nitrogen and oxygen atoms in total. The van der Waals surface area contributed by atoms with Gasteiger partial charge in [0, 0.05) is 25.7 Å². The molecule has 7 atom stereocenters. The number of fused-ring (bicyclic) bond motifs is 2. The molecule has 2 bridgehead atoms. The highest BCUT2D eigenvalue weighted by Gasteiger charge is 2.64. The molecule has 0 aromatic heterocycles. The zero-order chi connectivity index (χ0) is 21.8. The van der Waals surface area contributed by atoms with Gasteiger partial charge in [-0.05, 0) is 42.8 Å². The van der Waals surface area contributed by atoms with Gasteiger partial charge in [0.05, 0.1) is 31.5 Å². The van der Waals surface area contributed by atoms with Crippen LogP contribution in [0.1, 0.15) is 47.5 Å². The van der Waals surface area contributed by atoms with E-state index in [1.165, 1.54) is 13.8 Å². The van der Waals surface area contributed by atoms with Crippen molar-refractivity contribution in [3.05, 3.63) is 0 Å². The largest absolute Gasteiger partial charge is 0.466 e. The van der Waals surface area contributed by atoms with E-state index in [1.54, 1.807) is 0 Å². The summed E-state index contributed by atoms with van der Waals surface area (Å²) >= 11 is 0. The second-order valence-corrected chi connectivity index (χ2v) is 13.3. The highest BCUT2D eigenvalue weighted by atomic mass is 28.4. The Hall–Kier alpha value is -0.963. The maximum atomic E-state index is 11.2. The van der Waals surface area contributed by atoms with Crippen molar-refractivity contribution in [3.63, 3.8) is 0 Å². The molecule has 0 heterocycles. The molecule has 29 heavy (non-hydrogen) atoms. The normalized spacial score (nSPS) is 33.7.